The summed E-state index contributed by atoms with van der Waals surface area (Å²) in [5, 5.41) is 2.89. The van der Waals surface area contributed by atoms with E-state index in [9.17, 15) is 4.79 Å². The number of amides is 1. The first-order chi connectivity index (χ1) is 10.7. The second kappa shape index (κ2) is 6.49. The molecule has 0 bridgehead atoms. The number of hydrazine groups is 1. The maximum absolute atomic E-state index is 12.0. The van der Waals surface area contributed by atoms with Crippen LogP contribution in [-0.4, -0.2) is 45.2 Å². The monoisotopic (exact) mass is 308 g/mol. The van der Waals surface area contributed by atoms with E-state index in [0.29, 0.717) is 6.54 Å². The van der Waals surface area contributed by atoms with Gasteiger partial charge in [0.15, 0.2) is 11.5 Å². The van der Waals surface area contributed by atoms with Gasteiger partial charge in [-0.2, -0.15) is 0 Å². The van der Waals surface area contributed by atoms with Crippen molar-refractivity contribution in [2.75, 3.05) is 27.1 Å². The molecule has 1 amide bonds. The smallest absolute Gasteiger partial charge is 0.240 e. The quantitative estimate of drug-likeness (QED) is 0.554. The highest BCUT2D eigenvalue weighted by atomic mass is 16.7. The zero-order chi connectivity index (χ0) is 15.5. The molecule has 1 aromatic carbocycles. The Kier molecular flexibility index (Phi) is 4.44. The van der Waals surface area contributed by atoms with Crippen LogP contribution in [0.15, 0.2) is 18.2 Å². The molecule has 3 atom stereocenters. The van der Waals surface area contributed by atoms with Crippen LogP contribution in [0.5, 0.6) is 11.5 Å². The normalized spacial score (nSPS) is 24.3. The van der Waals surface area contributed by atoms with Gasteiger partial charge in [-0.15, -0.1) is 0 Å². The Morgan fingerprint density at radius 1 is 1.50 bits per heavy atom. The Hall–Kier alpha value is -1.87. The van der Waals surface area contributed by atoms with Crippen LogP contribution in [-0.2, 0) is 9.53 Å². The number of carbonyl (C=O) groups excluding carboxylic acids is 1. The Labute approximate surface area is 128 Å². The van der Waals surface area contributed by atoms with Crippen LogP contribution in [0.3, 0.4) is 0 Å². The van der Waals surface area contributed by atoms with Crippen LogP contribution in [0, 0.1) is 0 Å². The van der Waals surface area contributed by atoms with Crippen molar-refractivity contribution in [2.24, 2.45) is 5.73 Å². The molecule has 5 N–H and O–H groups in total. The average molecular weight is 308 g/mol. The van der Waals surface area contributed by atoms with E-state index in [2.05, 4.69) is 16.2 Å². The maximum atomic E-state index is 12.0. The minimum Gasteiger partial charge on any atom is -0.454 e. The van der Waals surface area contributed by atoms with Gasteiger partial charge in [0.25, 0.3) is 0 Å². The molecule has 0 aromatic heterocycles. The second-order valence-electron chi connectivity index (χ2n) is 5.29. The van der Waals surface area contributed by atoms with Gasteiger partial charge in [-0.05, 0) is 17.7 Å². The number of carbonyl (C=O) groups is 1. The van der Waals surface area contributed by atoms with Crippen LogP contribution in [0.2, 0.25) is 0 Å². The lowest BCUT2D eigenvalue weighted by Gasteiger charge is -2.22. The van der Waals surface area contributed by atoms with Gasteiger partial charge in [-0.25, -0.2) is 5.43 Å². The third-order valence-corrected chi connectivity index (χ3v) is 3.79. The van der Waals surface area contributed by atoms with E-state index in [1.165, 1.54) is 7.11 Å². The third kappa shape index (κ3) is 3.00. The highest BCUT2D eigenvalue weighted by Gasteiger charge is 2.31. The summed E-state index contributed by atoms with van der Waals surface area (Å²) in [5.74, 6) is 1.28. The number of hydrogen-bond acceptors (Lipinski definition) is 7. The van der Waals surface area contributed by atoms with Crippen LogP contribution >= 0.6 is 0 Å². The number of rotatable bonds is 5. The summed E-state index contributed by atoms with van der Waals surface area (Å²) >= 11 is 0. The van der Waals surface area contributed by atoms with Crippen molar-refractivity contribution >= 4 is 5.91 Å². The topological polar surface area (TPSA) is 107 Å². The summed E-state index contributed by atoms with van der Waals surface area (Å²) < 4.78 is 15.6. The largest absolute Gasteiger partial charge is 0.454 e. The fraction of sp³-hybridized carbons (Fsp3) is 0.500. The molecule has 8 heteroatoms. The fourth-order valence-electron chi connectivity index (χ4n) is 2.60. The van der Waals surface area contributed by atoms with E-state index >= 15 is 0 Å². The highest BCUT2D eigenvalue weighted by Crippen LogP contribution is 2.35. The SMILES string of the molecule is COCC(N)C(=O)NC1NNCC1c1ccc2c(c1)OCO2. The maximum Gasteiger partial charge on any atom is 0.240 e. The Morgan fingerprint density at radius 3 is 3.14 bits per heavy atom. The predicted octanol–water partition coefficient (Wildman–Crippen LogP) is -0.977. The molecule has 0 aliphatic carbocycles. The number of ether oxygens (including phenoxy) is 3. The van der Waals surface area contributed by atoms with Crippen LogP contribution in [0.4, 0.5) is 0 Å². The molecule has 0 spiro atoms. The lowest BCUT2D eigenvalue weighted by atomic mass is 9.96. The predicted molar refractivity (Wildman–Crippen MR) is 78.2 cm³/mol. The summed E-state index contributed by atoms with van der Waals surface area (Å²) in [6.45, 7) is 1.11. The van der Waals surface area contributed by atoms with Crippen molar-refractivity contribution in [3.63, 3.8) is 0 Å². The van der Waals surface area contributed by atoms with E-state index in [0.717, 1.165) is 17.1 Å². The van der Waals surface area contributed by atoms with Crippen molar-refractivity contribution in [2.45, 2.75) is 18.1 Å². The lowest BCUT2D eigenvalue weighted by molar-refractivity contribution is -0.124. The van der Waals surface area contributed by atoms with E-state index in [1.807, 2.05) is 18.2 Å². The van der Waals surface area contributed by atoms with Gasteiger partial charge in [0.1, 0.15) is 12.2 Å². The molecular formula is C14H20N4O4. The molecule has 2 heterocycles. The molecule has 22 heavy (non-hydrogen) atoms. The molecule has 0 radical (unpaired) electrons. The van der Waals surface area contributed by atoms with E-state index in [4.69, 9.17) is 19.9 Å². The van der Waals surface area contributed by atoms with Gasteiger partial charge in [0, 0.05) is 19.6 Å². The van der Waals surface area contributed by atoms with Crippen LogP contribution in [0.1, 0.15) is 11.5 Å². The molecule has 1 saturated heterocycles. The summed E-state index contributed by atoms with van der Waals surface area (Å²) in [6, 6.07) is 5.10. The Bertz CT molecular complexity index is 554. The molecule has 2 aliphatic rings. The van der Waals surface area contributed by atoms with Crippen LogP contribution < -0.4 is 31.4 Å². The number of fused-ring (bicyclic) bond motifs is 1. The van der Waals surface area contributed by atoms with Crippen molar-refractivity contribution in [3.8, 4) is 11.5 Å². The summed E-state index contributed by atoms with van der Waals surface area (Å²) in [5.41, 5.74) is 12.9. The van der Waals surface area contributed by atoms with E-state index in [-0.39, 0.29) is 31.4 Å². The number of nitrogens with two attached hydrogens (primary N) is 1. The summed E-state index contributed by atoms with van der Waals surface area (Å²) in [7, 11) is 1.51. The summed E-state index contributed by atoms with van der Waals surface area (Å²) in [6.07, 6.45) is -0.254. The van der Waals surface area contributed by atoms with Gasteiger partial charge in [-0.3, -0.25) is 10.2 Å². The number of nitrogens with one attached hydrogen (secondary N) is 3. The van der Waals surface area contributed by atoms with Gasteiger partial charge >= 0.3 is 0 Å². The minimum absolute atomic E-state index is 0.0631. The lowest BCUT2D eigenvalue weighted by Crippen LogP contribution is -2.52. The van der Waals surface area contributed by atoms with Crippen LogP contribution in [0.25, 0.3) is 0 Å². The highest BCUT2D eigenvalue weighted by molar-refractivity contribution is 5.82. The second-order valence-corrected chi connectivity index (χ2v) is 5.29. The van der Waals surface area contributed by atoms with E-state index in [1.54, 1.807) is 0 Å². The first kappa shape index (κ1) is 15.0. The fourth-order valence-corrected chi connectivity index (χ4v) is 2.60. The Balaban J connectivity index is 1.69. The van der Waals surface area contributed by atoms with E-state index < -0.39 is 6.04 Å². The van der Waals surface area contributed by atoms with Gasteiger partial charge in [-0.1, -0.05) is 6.07 Å². The van der Waals surface area contributed by atoms with Crippen molar-refractivity contribution in [3.05, 3.63) is 23.8 Å². The average Bonchev–Trinajstić information content (AvgIpc) is 3.15. The third-order valence-electron chi connectivity index (χ3n) is 3.79. The standard InChI is InChI=1S/C14H20N4O4/c1-20-6-10(15)14(19)17-13-9(5-16-18-13)8-2-3-11-12(4-8)22-7-21-11/h2-4,9-10,13,16,18H,5-7,15H2,1H3,(H,17,19). The number of benzene rings is 1. The molecule has 1 fully saturated rings. The molecule has 3 rings (SSSR count). The molecule has 3 unspecified atom stereocenters. The first-order valence-electron chi connectivity index (χ1n) is 7.12. The molecule has 1 aromatic rings. The molecule has 0 saturated carbocycles. The molecular weight excluding hydrogens is 288 g/mol. The Morgan fingerprint density at radius 2 is 2.32 bits per heavy atom. The van der Waals surface area contributed by atoms with Gasteiger partial charge < -0.3 is 25.3 Å². The first-order valence-corrected chi connectivity index (χ1v) is 7.12. The zero-order valence-electron chi connectivity index (χ0n) is 12.3. The molecule has 2 aliphatic heterocycles. The summed E-state index contributed by atoms with van der Waals surface area (Å²) in [4.78, 5) is 12.0. The molecule has 120 valence electrons. The van der Waals surface area contributed by atoms with Gasteiger partial charge in [0.2, 0.25) is 12.7 Å². The number of methoxy groups -OCH3 is 1. The molecule has 8 nitrogen and oxygen atoms in total. The van der Waals surface area contributed by atoms with Crippen molar-refractivity contribution in [1.82, 2.24) is 16.2 Å². The minimum atomic E-state index is -0.690. The number of hydrogen-bond donors (Lipinski definition) is 4. The van der Waals surface area contributed by atoms with Crippen molar-refractivity contribution in [1.29, 1.82) is 0 Å². The zero-order valence-corrected chi connectivity index (χ0v) is 12.3. The van der Waals surface area contributed by atoms with Gasteiger partial charge in [0.05, 0.1) is 6.61 Å². The van der Waals surface area contributed by atoms with Crippen molar-refractivity contribution < 1.29 is 19.0 Å².